The van der Waals surface area contributed by atoms with Gasteiger partial charge in [-0.05, 0) is 32.1 Å². The fourth-order valence-electron chi connectivity index (χ4n) is 1.78. The summed E-state index contributed by atoms with van der Waals surface area (Å²) in [6.45, 7) is 5.61. The van der Waals surface area contributed by atoms with Crippen LogP contribution < -0.4 is 16.1 Å². The lowest BCUT2D eigenvalue weighted by atomic mass is 10.1. The molecule has 0 spiro atoms. The predicted octanol–water partition coefficient (Wildman–Crippen LogP) is 1.61. The Kier molecular flexibility index (Phi) is 5.85. The molecule has 0 aromatic heterocycles. The van der Waals surface area contributed by atoms with E-state index in [4.69, 9.17) is 5.73 Å². The Morgan fingerprint density at radius 1 is 1.55 bits per heavy atom. The van der Waals surface area contributed by atoms with Crippen LogP contribution in [0.3, 0.4) is 0 Å². The van der Waals surface area contributed by atoms with Crippen LogP contribution in [0.15, 0.2) is 23.3 Å². The highest BCUT2D eigenvalue weighted by molar-refractivity contribution is 7.80. The Morgan fingerprint density at radius 3 is 2.70 bits per heavy atom. The number of thiocarbonyl (C=S) groups is 1. The second kappa shape index (κ2) is 7.39. The van der Waals surface area contributed by atoms with E-state index in [0.29, 0.717) is 5.56 Å². The van der Waals surface area contributed by atoms with Gasteiger partial charge in [-0.15, -0.1) is 0 Å². The molecular formula is C12H17N5O2S. The van der Waals surface area contributed by atoms with E-state index in [-0.39, 0.29) is 10.8 Å². The number of nitrogens with zero attached hydrogens (tertiary/aromatic N) is 3. The van der Waals surface area contributed by atoms with Gasteiger partial charge in [0.05, 0.1) is 11.1 Å². The Morgan fingerprint density at radius 2 is 2.20 bits per heavy atom. The van der Waals surface area contributed by atoms with Gasteiger partial charge in [0.15, 0.2) is 5.11 Å². The number of non-ortho nitro benzene ring substituents is 1. The first-order chi connectivity index (χ1) is 9.49. The van der Waals surface area contributed by atoms with Crippen LogP contribution in [0.25, 0.3) is 0 Å². The van der Waals surface area contributed by atoms with Gasteiger partial charge in [-0.1, -0.05) is 0 Å². The summed E-state index contributed by atoms with van der Waals surface area (Å²) in [5, 5.41) is 14.7. The third kappa shape index (κ3) is 4.16. The largest absolute Gasteiger partial charge is 0.375 e. The molecule has 20 heavy (non-hydrogen) atoms. The van der Waals surface area contributed by atoms with E-state index in [1.807, 2.05) is 13.8 Å². The van der Waals surface area contributed by atoms with Crippen molar-refractivity contribution < 1.29 is 4.92 Å². The van der Waals surface area contributed by atoms with Gasteiger partial charge in [-0.2, -0.15) is 5.10 Å². The van der Waals surface area contributed by atoms with Crippen LogP contribution in [-0.2, 0) is 0 Å². The van der Waals surface area contributed by atoms with E-state index in [2.05, 4.69) is 27.6 Å². The molecule has 0 aliphatic rings. The van der Waals surface area contributed by atoms with Gasteiger partial charge in [-0.25, -0.2) is 0 Å². The summed E-state index contributed by atoms with van der Waals surface area (Å²) in [5.74, 6) is 0. The van der Waals surface area contributed by atoms with Crippen molar-refractivity contribution in [1.82, 2.24) is 5.43 Å². The van der Waals surface area contributed by atoms with Crippen LogP contribution >= 0.6 is 12.2 Å². The molecule has 0 atom stereocenters. The number of nitrogens with one attached hydrogen (secondary N) is 1. The lowest BCUT2D eigenvalue weighted by Crippen LogP contribution is -2.25. The van der Waals surface area contributed by atoms with Crippen LogP contribution in [0.1, 0.15) is 19.4 Å². The fourth-order valence-corrected chi connectivity index (χ4v) is 1.83. The molecule has 108 valence electrons. The number of rotatable bonds is 6. The monoisotopic (exact) mass is 295 g/mol. The highest BCUT2D eigenvalue weighted by Crippen LogP contribution is 2.24. The molecule has 0 fully saturated rings. The summed E-state index contributed by atoms with van der Waals surface area (Å²) in [6, 6.07) is 4.66. The van der Waals surface area contributed by atoms with Crippen LogP contribution in [0.4, 0.5) is 11.4 Å². The van der Waals surface area contributed by atoms with Crippen LogP contribution in [0, 0.1) is 10.1 Å². The molecule has 0 aliphatic carbocycles. The minimum Gasteiger partial charge on any atom is -0.375 e. The average molecular weight is 295 g/mol. The fraction of sp³-hybridized carbons (Fsp3) is 0.333. The average Bonchev–Trinajstić information content (AvgIpc) is 2.40. The molecule has 0 radical (unpaired) electrons. The molecule has 1 rings (SSSR count). The molecule has 8 heteroatoms. The minimum absolute atomic E-state index is 0.0117. The smallest absolute Gasteiger partial charge is 0.270 e. The Bertz CT molecular complexity index is 529. The summed E-state index contributed by atoms with van der Waals surface area (Å²) in [5.41, 5.74) is 9.22. The van der Waals surface area contributed by atoms with Crippen molar-refractivity contribution in [3.05, 3.63) is 33.9 Å². The van der Waals surface area contributed by atoms with Crippen molar-refractivity contribution in [2.24, 2.45) is 10.8 Å². The summed E-state index contributed by atoms with van der Waals surface area (Å²) >= 11 is 4.64. The van der Waals surface area contributed by atoms with Gasteiger partial charge < -0.3 is 10.6 Å². The van der Waals surface area contributed by atoms with Gasteiger partial charge in [0.25, 0.3) is 5.69 Å². The number of hydrogen-bond acceptors (Lipinski definition) is 5. The zero-order valence-corrected chi connectivity index (χ0v) is 12.2. The highest BCUT2D eigenvalue weighted by atomic mass is 32.1. The van der Waals surface area contributed by atoms with Crippen molar-refractivity contribution in [1.29, 1.82) is 0 Å². The molecule has 0 saturated carbocycles. The van der Waals surface area contributed by atoms with Gasteiger partial charge >= 0.3 is 0 Å². The number of nitro benzene ring substituents is 1. The third-order valence-corrected chi connectivity index (χ3v) is 2.80. The molecule has 0 aliphatic heterocycles. The summed E-state index contributed by atoms with van der Waals surface area (Å²) in [7, 11) is 0. The topological polar surface area (TPSA) is 96.8 Å². The summed E-state index contributed by atoms with van der Waals surface area (Å²) in [4.78, 5) is 12.5. The maximum Gasteiger partial charge on any atom is 0.270 e. The molecule has 0 heterocycles. The zero-order chi connectivity index (χ0) is 15.1. The van der Waals surface area contributed by atoms with Crippen molar-refractivity contribution in [3.63, 3.8) is 0 Å². The predicted molar refractivity (Wildman–Crippen MR) is 84.2 cm³/mol. The normalized spacial score (nSPS) is 10.5. The lowest BCUT2D eigenvalue weighted by molar-refractivity contribution is -0.384. The van der Waals surface area contributed by atoms with Crippen LogP contribution in [-0.4, -0.2) is 29.3 Å². The van der Waals surface area contributed by atoms with Crippen molar-refractivity contribution in [2.45, 2.75) is 13.8 Å². The second-order valence-corrected chi connectivity index (χ2v) is 4.35. The quantitative estimate of drug-likeness (QED) is 0.358. The number of benzene rings is 1. The van der Waals surface area contributed by atoms with E-state index in [0.717, 1.165) is 18.8 Å². The Balaban J connectivity index is 3.18. The second-order valence-electron chi connectivity index (χ2n) is 3.91. The number of hydrogen-bond donors (Lipinski definition) is 2. The van der Waals surface area contributed by atoms with E-state index in [1.165, 1.54) is 18.3 Å². The molecule has 0 amide bonds. The van der Waals surface area contributed by atoms with Crippen LogP contribution in [0.5, 0.6) is 0 Å². The first-order valence-electron chi connectivity index (χ1n) is 6.11. The van der Waals surface area contributed by atoms with Gasteiger partial charge in [0, 0.05) is 36.5 Å². The molecular weight excluding hydrogens is 278 g/mol. The first kappa shape index (κ1) is 15.8. The third-order valence-electron chi connectivity index (χ3n) is 2.70. The van der Waals surface area contributed by atoms with E-state index in [9.17, 15) is 10.1 Å². The van der Waals surface area contributed by atoms with E-state index >= 15 is 0 Å². The van der Waals surface area contributed by atoms with Gasteiger partial charge in [0.1, 0.15) is 0 Å². The maximum atomic E-state index is 10.8. The molecule has 1 aromatic rings. The number of nitro groups is 1. The zero-order valence-electron chi connectivity index (χ0n) is 11.4. The number of anilines is 1. The number of hydrazone groups is 1. The van der Waals surface area contributed by atoms with Crippen molar-refractivity contribution in [2.75, 3.05) is 18.0 Å². The van der Waals surface area contributed by atoms with E-state index in [1.54, 1.807) is 6.07 Å². The molecule has 0 unspecified atom stereocenters. The molecule has 7 nitrogen and oxygen atoms in total. The summed E-state index contributed by atoms with van der Waals surface area (Å²) < 4.78 is 0. The van der Waals surface area contributed by atoms with E-state index < -0.39 is 4.92 Å². The molecule has 3 N–H and O–H groups in total. The highest BCUT2D eigenvalue weighted by Gasteiger charge is 2.12. The van der Waals surface area contributed by atoms with Crippen molar-refractivity contribution in [3.8, 4) is 0 Å². The molecule has 0 bridgehead atoms. The Labute approximate surface area is 122 Å². The van der Waals surface area contributed by atoms with Gasteiger partial charge in [0.2, 0.25) is 0 Å². The molecule has 1 aromatic carbocycles. The van der Waals surface area contributed by atoms with Crippen LogP contribution in [0.2, 0.25) is 0 Å². The first-order valence-corrected chi connectivity index (χ1v) is 6.52. The van der Waals surface area contributed by atoms with Crippen molar-refractivity contribution >= 4 is 34.9 Å². The van der Waals surface area contributed by atoms with Gasteiger partial charge in [-0.3, -0.25) is 15.5 Å². The SMILES string of the molecule is CCN(CC)c1ccc([N+](=O)[O-])cc1/C=N/NC(N)=S. The minimum atomic E-state index is -0.440. The standard InChI is InChI=1S/C12H17N5O2S/c1-3-16(4-2)11-6-5-10(17(18)19)7-9(11)8-14-15-12(13)20/h5-8H,3-4H2,1-2H3,(H3,13,15,20)/b14-8+. The maximum absolute atomic E-state index is 10.8. The lowest BCUT2D eigenvalue weighted by Gasteiger charge is -2.22. The molecule has 0 saturated heterocycles. The Hall–Kier alpha value is -2.22. The number of nitrogens with two attached hydrogens (primary N) is 1. The summed E-state index contributed by atoms with van der Waals surface area (Å²) in [6.07, 6.45) is 1.47.